The molecule has 0 unspecified atom stereocenters. The van der Waals surface area contributed by atoms with Crippen molar-refractivity contribution in [3.8, 4) is 22.8 Å². The Labute approximate surface area is 157 Å². The molecule has 0 aliphatic rings. The fraction of sp³-hybridized carbons (Fsp3) is 0.118. The molecule has 0 radical (unpaired) electrons. The van der Waals surface area contributed by atoms with E-state index in [2.05, 4.69) is 31.2 Å². The maximum atomic E-state index is 12.3. The lowest BCUT2D eigenvalue weighted by atomic mass is 10.1. The number of thiazole rings is 1. The van der Waals surface area contributed by atoms with Gasteiger partial charge in [0.15, 0.2) is 5.13 Å². The van der Waals surface area contributed by atoms with Crippen molar-refractivity contribution in [2.24, 2.45) is 0 Å². The number of carbonyl (C=O) groups excluding carboxylic acids is 1. The van der Waals surface area contributed by atoms with Crippen molar-refractivity contribution in [2.45, 2.75) is 0 Å². The van der Waals surface area contributed by atoms with Crippen LogP contribution in [-0.2, 0) is 0 Å². The van der Waals surface area contributed by atoms with Gasteiger partial charge in [0.2, 0.25) is 0 Å². The number of hydrogen-bond donors (Lipinski definition) is 1. The van der Waals surface area contributed by atoms with Gasteiger partial charge < -0.3 is 9.47 Å². The predicted octanol–water partition coefficient (Wildman–Crippen LogP) is 4.24. The molecule has 0 saturated heterocycles. The number of aromatic nitrogens is 2. The second-order valence-electron chi connectivity index (χ2n) is 4.95. The van der Waals surface area contributed by atoms with Gasteiger partial charge in [0.1, 0.15) is 11.5 Å². The minimum Gasteiger partial charge on any atom is -0.497 e. The van der Waals surface area contributed by atoms with Gasteiger partial charge in [-0.15, -0.1) is 11.3 Å². The summed E-state index contributed by atoms with van der Waals surface area (Å²) in [5.74, 6) is 1.11. The molecule has 0 bridgehead atoms. The molecule has 128 valence electrons. The topological polar surface area (TPSA) is 73.3 Å². The van der Waals surface area contributed by atoms with E-state index in [9.17, 15) is 4.79 Å². The van der Waals surface area contributed by atoms with Crippen LogP contribution in [0.25, 0.3) is 11.3 Å². The molecule has 1 N–H and O–H groups in total. The van der Waals surface area contributed by atoms with Gasteiger partial charge in [0.05, 0.1) is 25.5 Å². The van der Waals surface area contributed by atoms with E-state index < -0.39 is 0 Å². The van der Waals surface area contributed by atoms with Crippen LogP contribution in [0.2, 0.25) is 0 Å². The third-order valence-corrected chi connectivity index (χ3v) is 4.57. The highest BCUT2D eigenvalue weighted by atomic mass is 79.9. The van der Waals surface area contributed by atoms with Crippen LogP contribution < -0.4 is 14.8 Å². The van der Waals surface area contributed by atoms with Crippen LogP contribution >= 0.6 is 27.3 Å². The van der Waals surface area contributed by atoms with Gasteiger partial charge in [-0.1, -0.05) is 0 Å². The van der Waals surface area contributed by atoms with Crippen LogP contribution in [0.3, 0.4) is 0 Å². The summed E-state index contributed by atoms with van der Waals surface area (Å²) in [6.45, 7) is 0. The van der Waals surface area contributed by atoms with Crippen LogP contribution in [0.1, 0.15) is 10.4 Å². The summed E-state index contributed by atoms with van der Waals surface area (Å²) in [6.07, 6.45) is 3.12. The predicted molar refractivity (Wildman–Crippen MR) is 101 cm³/mol. The smallest absolute Gasteiger partial charge is 0.259 e. The van der Waals surface area contributed by atoms with Crippen molar-refractivity contribution in [3.63, 3.8) is 0 Å². The van der Waals surface area contributed by atoms with Crippen molar-refractivity contribution in [2.75, 3.05) is 19.5 Å². The summed E-state index contributed by atoms with van der Waals surface area (Å²) in [5, 5.41) is 5.12. The van der Waals surface area contributed by atoms with Crippen LogP contribution in [0.5, 0.6) is 11.5 Å². The number of pyridine rings is 1. The quantitative estimate of drug-likeness (QED) is 0.669. The SMILES string of the molecule is COc1ccc(OC)c(-c2csc(NC(=O)c3cncc(Br)c3)n2)c1. The van der Waals surface area contributed by atoms with E-state index in [1.165, 1.54) is 17.5 Å². The fourth-order valence-corrected chi connectivity index (χ4v) is 3.24. The highest BCUT2D eigenvalue weighted by molar-refractivity contribution is 9.10. The first kappa shape index (κ1) is 17.4. The number of nitrogens with zero attached hydrogens (tertiary/aromatic N) is 2. The van der Waals surface area contributed by atoms with Crippen LogP contribution in [0.15, 0.2) is 46.5 Å². The van der Waals surface area contributed by atoms with Gasteiger partial charge in [-0.05, 0) is 40.2 Å². The standard InChI is InChI=1S/C17H14BrN3O3S/c1-23-12-3-4-15(24-2)13(6-12)14-9-25-17(20-14)21-16(22)10-5-11(18)8-19-7-10/h3-9H,1-2H3,(H,20,21,22). The van der Waals surface area contributed by atoms with E-state index in [4.69, 9.17) is 9.47 Å². The second kappa shape index (κ2) is 7.62. The van der Waals surface area contributed by atoms with E-state index in [-0.39, 0.29) is 5.91 Å². The lowest BCUT2D eigenvalue weighted by molar-refractivity contribution is 0.102. The van der Waals surface area contributed by atoms with Crippen molar-refractivity contribution < 1.29 is 14.3 Å². The number of halogens is 1. The zero-order valence-electron chi connectivity index (χ0n) is 13.4. The van der Waals surface area contributed by atoms with Crippen LogP contribution in [-0.4, -0.2) is 30.1 Å². The summed E-state index contributed by atoms with van der Waals surface area (Å²) in [4.78, 5) is 20.7. The lowest BCUT2D eigenvalue weighted by Crippen LogP contribution is -2.11. The summed E-state index contributed by atoms with van der Waals surface area (Å²) in [7, 11) is 3.20. The van der Waals surface area contributed by atoms with Crippen LogP contribution in [0, 0.1) is 0 Å². The van der Waals surface area contributed by atoms with Gasteiger partial charge in [-0.2, -0.15) is 0 Å². The molecule has 3 rings (SSSR count). The summed E-state index contributed by atoms with van der Waals surface area (Å²) >= 11 is 4.63. The molecule has 25 heavy (non-hydrogen) atoms. The first-order valence-electron chi connectivity index (χ1n) is 7.20. The van der Waals surface area contributed by atoms with Crippen molar-refractivity contribution in [1.29, 1.82) is 0 Å². The van der Waals surface area contributed by atoms with E-state index in [1.807, 2.05) is 23.6 Å². The Morgan fingerprint density at radius 3 is 2.76 bits per heavy atom. The van der Waals surface area contributed by atoms with Gasteiger partial charge in [-0.25, -0.2) is 4.98 Å². The Balaban J connectivity index is 1.84. The minimum atomic E-state index is -0.271. The second-order valence-corrected chi connectivity index (χ2v) is 6.72. The Bertz CT molecular complexity index is 914. The normalized spacial score (nSPS) is 10.4. The number of benzene rings is 1. The number of rotatable bonds is 5. The maximum absolute atomic E-state index is 12.3. The number of ether oxygens (including phenoxy) is 2. The van der Waals surface area contributed by atoms with Gasteiger partial charge in [0.25, 0.3) is 5.91 Å². The number of carbonyl (C=O) groups is 1. The first-order valence-corrected chi connectivity index (χ1v) is 8.88. The summed E-state index contributed by atoms with van der Waals surface area (Å²) < 4.78 is 11.4. The third kappa shape index (κ3) is 3.97. The molecule has 0 saturated carbocycles. The molecule has 2 heterocycles. The molecule has 0 aliphatic carbocycles. The van der Waals surface area contributed by atoms with Gasteiger partial charge in [0, 0.05) is 27.8 Å². The molecule has 0 fully saturated rings. The number of nitrogens with one attached hydrogen (secondary N) is 1. The Morgan fingerprint density at radius 1 is 1.20 bits per heavy atom. The zero-order chi connectivity index (χ0) is 17.8. The molecular weight excluding hydrogens is 406 g/mol. The molecule has 3 aromatic rings. The molecular formula is C17H14BrN3O3S. The number of methoxy groups -OCH3 is 2. The average molecular weight is 420 g/mol. The number of hydrogen-bond acceptors (Lipinski definition) is 6. The maximum Gasteiger partial charge on any atom is 0.259 e. The van der Waals surface area contributed by atoms with E-state index in [1.54, 1.807) is 26.5 Å². The van der Waals surface area contributed by atoms with Crippen molar-refractivity contribution in [1.82, 2.24) is 9.97 Å². The van der Waals surface area contributed by atoms with Crippen LogP contribution in [0.4, 0.5) is 5.13 Å². The number of anilines is 1. The molecule has 0 atom stereocenters. The Morgan fingerprint density at radius 2 is 2.04 bits per heavy atom. The van der Waals surface area contributed by atoms with E-state index in [0.717, 1.165) is 10.0 Å². The zero-order valence-corrected chi connectivity index (χ0v) is 15.8. The highest BCUT2D eigenvalue weighted by Gasteiger charge is 2.14. The Hall–Kier alpha value is -2.45. The molecule has 0 aliphatic heterocycles. The molecule has 0 spiro atoms. The molecule has 1 aromatic carbocycles. The van der Waals surface area contributed by atoms with Crippen molar-refractivity contribution in [3.05, 3.63) is 52.1 Å². The summed E-state index contributed by atoms with van der Waals surface area (Å²) in [5.41, 5.74) is 1.94. The first-order chi connectivity index (χ1) is 12.1. The van der Waals surface area contributed by atoms with Gasteiger partial charge >= 0.3 is 0 Å². The number of amides is 1. The lowest BCUT2D eigenvalue weighted by Gasteiger charge is -2.08. The molecule has 6 nitrogen and oxygen atoms in total. The van der Waals surface area contributed by atoms with E-state index in [0.29, 0.717) is 27.9 Å². The average Bonchev–Trinajstić information content (AvgIpc) is 3.09. The Kier molecular flexibility index (Phi) is 5.30. The third-order valence-electron chi connectivity index (χ3n) is 3.37. The highest BCUT2D eigenvalue weighted by Crippen LogP contribution is 2.35. The molecule has 2 aromatic heterocycles. The van der Waals surface area contributed by atoms with E-state index >= 15 is 0 Å². The fourth-order valence-electron chi connectivity index (χ4n) is 2.17. The van der Waals surface area contributed by atoms with Gasteiger partial charge in [-0.3, -0.25) is 15.1 Å². The summed E-state index contributed by atoms with van der Waals surface area (Å²) in [6, 6.07) is 7.18. The molecule has 8 heteroatoms. The minimum absolute atomic E-state index is 0.271. The monoisotopic (exact) mass is 419 g/mol. The van der Waals surface area contributed by atoms with Crippen molar-refractivity contribution >= 4 is 38.3 Å². The molecule has 1 amide bonds. The largest absolute Gasteiger partial charge is 0.497 e.